The van der Waals surface area contributed by atoms with E-state index >= 15 is 0 Å². The van der Waals surface area contributed by atoms with Crippen molar-refractivity contribution in [2.45, 2.75) is 32.0 Å². The van der Waals surface area contributed by atoms with Crippen molar-refractivity contribution >= 4 is 11.8 Å². The molecule has 2 amide bonds. The van der Waals surface area contributed by atoms with Crippen LogP contribution in [0.25, 0.3) is 0 Å². The van der Waals surface area contributed by atoms with Crippen molar-refractivity contribution in [3.63, 3.8) is 0 Å². The third-order valence-electron chi connectivity index (χ3n) is 6.03. The molecule has 0 spiro atoms. The molecular formula is C28H30FN3O5. The SMILES string of the molecule is O=C(NCCO)c1cncc(CC(=O)N2CCC(Oc3ccc(OCc4cccc(F)c4)cc3)CC2)c1. The number of piperidine rings is 1. The summed E-state index contributed by atoms with van der Waals surface area (Å²) in [6, 6.07) is 15.3. The number of likely N-dealkylation sites (tertiary alicyclic amines) is 1. The zero-order valence-electron chi connectivity index (χ0n) is 20.4. The molecule has 2 aromatic carbocycles. The Kier molecular flexibility index (Phi) is 9.04. The van der Waals surface area contributed by atoms with Gasteiger partial charge in [0.15, 0.2) is 0 Å². The van der Waals surface area contributed by atoms with Gasteiger partial charge in [0, 0.05) is 44.9 Å². The van der Waals surface area contributed by atoms with Gasteiger partial charge in [0.2, 0.25) is 5.91 Å². The Labute approximate surface area is 215 Å². The van der Waals surface area contributed by atoms with Crippen LogP contribution < -0.4 is 14.8 Å². The number of aliphatic hydroxyl groups excluding tert-OH is 1. The average molecular weight is 508 g/mol. The Morgan fingerprint density at radius 3 is 2.51 bits per heavy atom. The topological polar surface area (TPSA) is 101 Å². The maximum absolute atomic E-state index is 13.3. The van der Waals surface area contributed by atoms with E-state index in [1.54, 1.807) is 18.3 Å². The van der Waals surface area contributed by atoms with E-state index in [-0.39, 0.29) is 49.9 Å². The van der Waals surface area contributed by atoms with Crippen LogP contribution in [0.4, 0.5) is 4.39 Å². The van der Waals surface area contributed by atoms with Crippen LogP contribution in [0.2, 0.25) is 0 Å². The van der Waals surface area contributed by atoms with Gasteiger partial charge in [-0.15, -0.1) is 0 Å². The number of carbonyl (C=O) groups is 2. The lowest BCUT2D eigenvalue weighted by molar-refractivity contribution is -0.132. The lowest BCUT2D eigenvalue weighted by atomic mass is 10.1. The fourth-order valence-corrected chi connectivity index (χ4v) is 4.09. The van der Waals surface area contributed by atoms with Crippen molar-refractivity contribution in [2.75, 3.05) is 26.2 Å². The molecule has 1 fully saturated rings. The van der Waals surface area contributed by atoms with Gasteiger partial charge < -0.3 is 24.8 Å². The van der Waals surface area contributed by atoms with E-state index in [2.05, 4.69) is 10.3 Å². The lowest BCUT2D eigenvalue weighted by Crippen LogP contribution is -2.42. The van der Waals surface area contributed by atoms with Crippen LogP contribution in [0, 0.1) is 5.82 Å². The van der Waals surface area contributed by atoms with Crippen molar-refractivity contribution < 1.29 is 28.6 Å². The fraction of sp³-hybridized carbons (Fsp3) is 0.321. The molecule has 0 bridgehead atoms. The minimum Gasteiger partial charge on any atom is -0.490 e. The molecule has 0 aliphatic carbocycles. The van der Waals surface area contributed by atoms with Gasteiger partial charge in [-0.1, -0.05) is 12.1 Å². The standard InChI is InChI=1S/C28H30FN3O5/c29-23-3-1-2-20(15-23)19-36-24-4-6-25(7-5-24)37-26-8-11-32(12-9-26)27(34)16-21-14-22(18-30-17-21)28(35)31-10-13-33/h1-7,14-15,17-18,26,33H,8-13,16,19H2,(H,31,35). The highest BCUT2D eigenvalue weighted by Gasteiger charge is 2.24. The fourth-order valence-electron chi connectivity index (χ4n) is 4.09. The summed E-state index contributed by atoms with van der Waals surface area (Å²) in [6.07, 6.45) is 4.62. The van der Waals surface area contributed by atoms with E-state index in [1.807, 2.05) is 35.2 Å². The molecule has 1 aliphatic rings. The van der Waals surface area contributed by atoms with Crippen molar-refractivity contribution in [2.24, 2.45) is 0 Å². The maximum Gasteiger partial charge on any atom is 0.252 e. The molecule has 0 saturated carbocycles. The van der Waals surface area contributed by atoms with Crippen LogP contribution in [-0.2, 0) is 17.8 Å². The number of pyridine rings is 1. The number of hydrogen-bond donors (Lipinski definition) is 2. The first-order valence-corrected chi connectivity index (χ1v) is 12.2. The molecule has 37 heavy (non-hydrogen) atoms. The zero-order valence-corrected chi connectivity index (χ0v) is 20.4. The Hall–Kier alpha value is -3.98. The number of nitrogens with one attached hydrogen (secondary N) is 1. The third-order valence-corrected chi connectivity index (χ3v) is 6.03. The molecule has 3 aromatic rings. The Bertz CT molecular complexity index is 1200. The molecule has 0 unspecified atom stereocenters. The highest BCUT2D eigenvalue weighted by molar-refractivity contribution is 5.94. The molecule has 4 rings (SSSR count). The van der Waals surface area contributed by atoms with Crippen LogP contribution in [-0.4, -0.2) is 59.1 Å². The van der Waals surface area contributed by atoms with Crippen molar-refractivity contribution in [3.05, 3.63) is 89.5 Å². The summed E-state index contributed by atoms with van der Waals surface area (Å²) in [4.78, 5) is 30.7. The molecule has 8 nitrogen and oxygen atoms in total. The van der Waals surface area contributed by atoms with Gasteiger partial charge in [-0.05, 0) is 53.6 Å². The summed E-state index contributed by atoms with van der Waals surface area (Å²) >= 11 is 0. The second-order valence-corrected chi connectivity index (χ2v) is 8.83. The number of carbonyl (C=O) groups excluding carboxylic acids is 2. The molecular weight excluding hydrogens is 477 g/mol. The molecule has 0 atom stereocenters. The third kappa shape index (κ3) is 7.75. The minimum absolute atomic E-state index is 0.00308. The largest absolute Gasteiger partial charge is 0.490 e. The first-order valence-electron chi connectivity index (χ1n) is 12.2. The van der Waals surface area contributed by atoms with Gasteiger partial charge >= 0.3 is 0 Å². The summed E-state index contributed by atoms with van der Waals surface area (Å²) in [5.74, 6) is 0.753. The molecule has 2 heterocycles. The number of halogens is 1. The van der Waals surface area contributed by atoms with Gasteiger partial charge in [0.05, 0.1) is 18.6 Å². The number of ether oxygens (including phenoxy) is 2. The molecule has 1 aliphatic heterocycles. The van der Waals surface area contributed by atoms with Crippen LogP contribution in [0.5, 0.6) is 11.5 Å². The van der Waals surface area contributed by atoms with E-state index in [1.165, 1.54) is 18.3 Å². The summed E-state index contributed by atoms with van der Waals surface area (Å²) < 4.78 is 25.1. The van der Waals surface area contributed by atoms with Gasteiger partial charge in [0.25, 0.3) is 5.91 Å². The molecule has 2 N–H and O–H groups in total. The molecule has 9 heteroatoms. The van der Waals surface area contributed by atoms with Crippen LogP contribution in [0.1, 0.15) is 34.3 Å². The number of hydrogen-bond acceptors (Lipinski definition) is 6. The number of benzene rings is 2. The van der Waals surface area contributed by atoms with Gasteiger partial charge in [0.1, 0.15) is 30.0 Å². The van der Waals surface area contributed by atoms with Crippen molar-refractivity contribution in [1.29, 1.82) is 0 Å². The average Bonchev–Trinajstić information content (AvgIpc) is 2.92. The molecule has 1 saturated heterocycles. The quantitative estimate of drug-likeness (QED) is 0.437. The van der Waals surface area contributed by atoms with Crippen LogP contribution >= 0.6 is 0 Å². The molecule has 194 valence electrons. The summed E-state index contributed by atoms with van der Waals surface area (Å²) in [7, 11) is 0. The summed E-state index contributed by atoms with van der Waals surface area (Å²) in [6.45, 7) is 1.47. The molecule has 0 radical (unpaired) electrons. The van der Waals surface area contributed by atoms with Crippen LogP contribution in [0.3, 0.4) is 0 Å². The number of amides is 2. The summed E-state index contributed by atoms with van der Waals surface area (Å²) in [5.41, 5.74) is 1.78. The highest BCUT2D eigenvalue weighted by Crippen LogP contribution is 2.23. The second kappa shape index (κ2) is 12.8. The number of nitrogens with zero attached hydrogens (tertiary/aromatic N) is 2. The first-order chi connectivity index (χ1) is 18.0. The van der Waals surface area contributed by atoms with Gasteiger partial charge in [-0.2, -0.15) is 0 Å². The van der Waals surface area contributed by atoms with Crippen molar-refractivity contribution in [1.82, 2.24) is 15.2 Å². The van der Waals surface area contributed by atoms with Gasteiger partial charge in [-0.25, -0.2) is 4.39 Å². The smallest absolute Gasteiger partial charge is 0.252 e. The maximum atomic E-state index is 13.3. The Balaban J connectivity index is 1.21. The lowest BCUT2D eigenvalue weighted by Gasteiger charge is -2.32. The van der Waals surface area contributed by atoms with E-state index in [0.29, 0.717) is 42.8 Å². The van der Waals surface area contributed by atoms with Gasteiger partial charge in [-0.3, -0.25) is 14.6 Å². The van der Waals surface area contributed by atoms with E-state index in [9.17, 15) is 14.0 Å². The number of rotatable bonds is 10. The second-order valence-electron chi connectivity index (χ2n) is 8.83. The first kappa shape index (κ1) is 26.1. The summed E-state index contributed by atoms with van der Waals surface area (Å²) in [5, 5.41) is 11.4. The predicted molar refractivity (Wildman–Crippen MR) is 135 cm³/mol. The number of aromatic nitrogens is 1. The Morgan fingerprint density at radius 1 is 1.03 bits per heavy atom. The minimum atomic E-state index is -0.333. The number of aliphatic hydroxyl groups is 1. The Morgan fingerprint density at radius 2 is 1.78 bits per heavy atom. The van der Waals surface area contributed by atoms with Crippen molar-refractivity contribution in [3.8, 4) is 11.5 Å². The predicted octanol–water partition coefficient (Wildman–Crippen LogP) is 3.13. The van der Waals surface area contributed by atoms with E-state index in [4.69, 9.17) is 14.6 Å². The molecule has 1 aromatic heterocycles. The normalized spacial score (nSPS) is 13.7. The zero-order chi connectivity index (χ0) is 26.0. The van der Waals surface area contributed by atoms with Crippen LogP contribution in [0.15, 0.2) is 67.0 Å². The highest BCUT2D eigenvalue weighted by atomic mass is 19.1. The van der Waals surface area contributed by atoms with E-state index in [0.717, 1.165) is 11.3 Å². The van der Waals surface area contributed by atoms with E-state index < -0.39 is 0 Å². The monoisotopic (exact) mass is 507 g/mol.